The molecule has 1 amide bonds. The molecule has 0 aliphatic carbocycles. The molecule has 1 aliphatic heterocycles. The van der Waals surface area contributed by atoms with E-state index in [0.29, 0.717) is 13.1 Å². The minimum atomic E-state index is 0.0406. The van der Waals surface area contributed by atoms with Crippen LogP contribution in [0.1, 0.15) is 5.56 Å². The van der Waals surface area contributed by atoms with E-state index in [1.165, 1.54) is 5.69 Å². The number of amides is 1. The SMILES string of the molecule is COc1ccc(N2CCN(CC(=O)NCc3ccccc3OC)CC2)cc1. The van der Waals surface area contributed by atoms with Gasteiger partial charge in [-0.25, -0.2) is 0 Å². The average molecular weight is 369 g/mol. The van der Waals surface area contributed by atoms with Crippen molar-refractivity contribution >= 4 is 11.6 Å². The molecule has 144 valence electrons. The molecule has 1 fully saturated rings. The van der Waals surface area contributed by atoms with Crippen molar-refractivity contribution in [3.63, 3.8) is 0 Å². The average Bonchev–Trinajstić information content (AvgIpc) is 2.73. The quantitative estimate of drug-likeness (QED) is 0.810. The van der Waals surface area contributed by atoms with E-state index in [-0.39, 0.29) is 5.91 Å². The van der Waals surface area contributed by atoms with Crippen LogP contribution in [0, 0.1) is 0 Å². The Labute approximate surface area is 160 Å². The smallest absolute Gasteiger partial charge is 0.234 e. The number of hydrogen-bond donors (Lipinski definition) is 1. The highest BCUT2D eigenvalue weighted by atomic mass is 16.5. The van der Waals surface area contributed by atoms with Gasteiger partial charge in [-0.3, -0.25) is 9.69 Å². The van der Waals surface area contributed by atoms with E-state index in [4.69, 9.17) is 9.47 Å². The van der Waals surface area contributed by atoms with E-state index < -0.39 is 0 Å². The first-order chi connectivity index (χ1) is 13.2. The lowest BCUT2D eigenvalue weighted by Crippen LogP contribution is -2.49. The summed E-state index contributed by atoms with van der Waals surface area (Å²) in [5.74, 6) is 1.70. The molecule has 1 saturated heterocycles. The Morgan fingerprint density at radius 2 is 1.67 bits per heavy atom. The second kappa shape index (κ2) is 9.28. The molecule has 0 bridgehead atoms. The summed E-state index contributed by atoms with van der Waals surface area (Å²) in [5, 5.41) is 2.99. The van der Waals surface area contributed by atoms with Crippen molar-refractivity contribution in [3.8, 4) is 11.5 Å². The molecule has 0 aromatic heterocycles. The molecule has 2 aromatic carbocycles. The molecule has 0 saturated carbocycles. The van der Waals surface area contributed by atoms with Crippen LogP contribution in [0.5, 0.6) is 11.5 Å². The maximum absolute atomic E-state index is 12.3. The van der Waals surface area contributed by atoms with Gasteiger partial charge in [0.25, 0.3) is 0 Å². The van der Waals surface area contributed by atoms with Gasteiger partial charge in [0.15, 0.2) is 0 Å². The number of carbonyl (C=O) groups excluding carboxylic acids is 1. The number of hydrogen-bond acceptors (Lipinski definition) is 5. The van der Waals surface area contributed by atoms with Gasteiger partial charge in [-0.05, 0) is 30.3 Å². The first kappa shape index (κ1) is 19.0. The molecule has 1 aliphatic rings. The number of piperazine rings is 1. The van der Waals surface area contributed by atoms with Gasteiger partial charge in [0.05, 0.1) is 20.8 Å². The minimum Gasteiger partial charge on any atom is -0.497 e. The summed E-state index contributed by atoms with van der Waals surface area (Å²) < 4.78 is 10.5. The van der Waals surface area contributed by atoms with Crippen molar-refractivity contribution in [2.45, 2.75) is 6.54 Å². The number of para-hydroxylation sites is 1. The van der Waals surface area contributed by atoms with Gasteiger partial charge in [0.1, 0.15) is 11.5 Å². The van der Waals surface area contributed by atoms with E-state index in [0.717, 1.165) is 43.2 Å². The van der Waals surface area contributed by atoms with Crippen molar-refractivity contribution in [3.05, 3.63) is 54.1 Å². The van der Waals surface area contributed by atoms with Gasteiger partial charge < -0.3 is 19.7 Å². The van der Waals surface area contributed by atoms with Gasteiger partial charge in [-0.15, -0.1) is 0 Å². The molecule has 0 radical (unpaired) electrons. The third kappa shape index (κ3) is 5.14. The normalized spacial score (nSPS) is 14.7. The van der Waals surface area contributed by atoms with Crippen LogP contribution in [0.25, 0.3) is 0 Å². The van der Waals surface area contributed by atoms with Gasteiger partial charge in [0, 0.05) is 44.0 Å². The van der Waals surface area contributed by atoms with Crippen LogP contribution in [0.2, 0.25) is 0 Å². The van der Waals surface area contributed by atoms with Crippen LogP contribution in [0.15, 0.2) is 48.5 Å². The lowest BCUT2D eigenvalue weighted by atomic mass is 10.2. The molecule has 1 heterocycles. The van der Waals surface area contributed by atoms with Crippen LogP contribution in [0.4, 0.5) is 5.69 Å². The van der Waals surface area contributed by atoms with Crippen molar-refractivity contribution in [1.82, 2.24) is 10.2 Å². The second-order valence-corrected chi connectivity index (χ2v) is 6.55. The highest BCUT2D eigenvalue weighted by molar-refractivity contribution is 5.78. The molecule has 3 rings (SSSR count). The topological polar surface area (TPSA) is 54.0 Å². The van der Waals surface area contributed by atoms with Gasteiger partial charge in [-0.1, -0.05) is 18.2 Å². The van der Waals surface area contributed by atoms with Crippen LogP contribution in [0.3, 0.4) is 0 Å². The van der Waals surface area contributed by atoms with Crippen molar-refractivity contribution < 1.29 is 14.3 Å². The van der Waals surface area contributed by atoms with Crippen LogP contribution >= 0.6 is 0 Å². The number of anilines is 1. The zero-order valence-corrected chi connectivity index (χ0v) is 16.0. The highest BCUT2D eigenvalue weighted by Crippen LogP contribution is 2.20. The maximum Gasteiger partial charge on any atom is 0.234 e. The van der Waals surface area contributed by atoms with Crippen molar-refractivity contribution in [2.75, 3.05) is 51.8 Å². The Morgan fingerprint density at radius 1 is 0.963 bits per heavy atom. The summed E-state index contributed by atoms with van der Waals surface area (Å²) in [5.41, 5.74) is 2.17. The molecule has 1 N–H and O–H groups in total. The second-order valence-electron chi connectivity index (χ2n) is 6.55. The van der Waals surface area contributed by atoms with E-state index in [2.05, 4.69) is 27.2 Å². The third-order valence-corrected chi connectivity index (χ3v) is 4.85. The zero-order chi connectivity index (χ0) is 19.1. The number of methoxy groups -OCH3 is 2. The van der Waals surface area contributed by atoms with Crippen LogP contribution in [-0.4, -0.2) is 57.8 Å². The summed E-state index contributed by atoms with van der Waals surface area (Å²) in [4.78, 5) is 16.8. The molecule has 2 aromatic rings. The summed E-state index contributed by atoms with van der Waals surface area (Å²) in [6.07, 6.45) is 0. The predicted molar refractivity (Wildman–Crippen MR) is 106 cm³/mol. The summed E-state index contributed by atoms with van der Waals surface area (Å²) in [6, 6.07) is 15.9. The number of carbonyl (C=O) groups is 1. The first-order valence-electron chi connectivity index (χ1n) is 9.19. The Morgan fingerprint density at radius 3 is 2.33 bits per heavy atom. The molecular formula is C21H27N3O3. The van der Waals surface area contributed by atoms with Crippen molar-refractivity contribution in [1.29, 1.82) is 0 Å². The fourth-order valence-electron chi connectivity index (χ4n) is 3.26. The molecule has 0 atom stereocenters. The largest absolute Gasteiger partial charge is 0.497 e. The Hall–Kier alpha value is -2.73. The van der Waals surface area contributed by atoms with Crippen LogP contribution < -0.4 is 19.7 Å². The minimum absolute atomic E-state index is 0.0406. The van der Waals surface area contributed by atoms with E-state index >= 15 is 0 Å². The summed E-state index contributed by atoms with van der Waals surface area (Å²) in [7, 11) is 3.32. The molecule has 0 unspecified atom stereocenters. The number of rotatable bonds is 7. The number of nitrogens with zero attached hydrogens (tertiary/aromatic N) is 2. The highest BCUT2D eigenvalue weighted by Gasteiger charge is 2.19. The van der Waals surface area contributed by atoms with Gasteiger partial charge in [-0.2, -0.15) is 0 Å². The number of benzene rings is 2. The molecule has 6 nitrogen and oxygen atoms in total. The monoisotopic (exact) mass is 369 g/mol. The van der Waals surface area contributed by atoms with Gasteiger partial charge in [0.2, 0.25) is 5.91 Å². The Kier molecular flexibility index (Phi) is 6.54. The summed E-state index contributed by atoms with van der Waals surface area (Å²) in [6.45, 7) is 4.46. The standard InChI is InChI=1S/C21H27N3O3/c1-26-19-9-7-18(8-10-19)24-13-11-23(12-14-24)16-21(25)22-15-17-5-3-4-6-20(17)27-2/h3-10H,11-16H2,1-2H3,(H,22,25). The summed E-state index contributed by atoms with van der Waals surface area (Å²) >= 11 is 0. The van der Waals surface area contributed by atoms with E-state index in [1.54, 1.807) is 14.2 Å². The van der Waals surface area contributed by atoms with E-state index in [1.807, 2.05) is 36.4 Å². The van der Waals surface area contributed by atoms with Crippen molar-refractivity contribution in [2.24, 2.45) is 0 Å². The number of ether oxygens (including phenoxy) is 2. The lowest BCUT2D eigenvalue weighted by molar-refractivity contribution is -0.122. The fraction of sp³-hybridized carbons (Fsp3) is 0.381. The zero-order valence-electron chi connectivity index (χ0n) is 16.0. The molecular weight excluding hydrogens is 342 g/mol. The fourth-order valence-corrected chi connectivity index (χ4v) is 3.26. The Bertz CT molecular complexity index is 741. The maximum atomic E-state index is 12.3. The first-order valence-corrected chi connectivity index (χ1v) is 9.19. The van der Waals surface area contributed by atoms with E-state index in [9.17, 15) is 4.79 Å². The lowest BCUT2D eigenvalue weighted by Gasteiger charge is -2.35. The molecule has 0 spiro atoms. The Balaban J connectivity index is 1.43. The van der Waals surface area contributed by atoms with Crippen LogP contribution in [-0.2, 0) is 11.3 Å². The predicted octanol–water partition coefficient (Wildman–Crippen LogP) is 2.14. The third-order valence-electron chi connectivity index (χ3n) is 4.85. The molecule has 6 heteroatoms. The number of nitrogens with one attached hydrogen (secondary N) is 1. The molecule has 27 heavy (non-hydrogen) atoms. The van der Waals surface area contributed by atoms with Gasteiger partial charge >= 0.3 is 0 Å².